The molecule has 4 nitrogen and oxygen atoms in total. The third-order valence-electron chi connectivity index (χ3n) is 3.08. The minimum atomic E-state index is 0.709. The largest absolute Gasteiger partial charge is 0.456 e. The summed E-state index contributed by atoms with van der Waals surface area (Å²) < 4.78 is 7.88. The first-order chi connectivity index (χ1) is 8.36. The Morgan fingerprint density at radius 1 is 1.47 bits per heavy atom. The van der Waals surface area contributed by atoms with Crippen LogP contribution in [0.4, 0.5) is 0 Å². The van der Waals surface area contributed by atoms with Crippen molar-refractivity contribution in [3.05, 3.63) is 30.3 Å². The maximum absolute atomic E-state index is 5.80. The number of hydrogen-bond donors (Lipinski definition) is 1. The van der Waals surface area contributed by atoms with Gasteiger partial charge < -0.3 is 14.3 Å². The van der Waals surface area contributed by atoms with Crippen LogP contribution >= 0.6 is 0 Å². The Morgan fingerprint density at radius 2 is 2.35 bits per heavy atom. The molecular formula is C13H17N3O. The number of nitrogens with one attached hydrogen (secondary N) is 1. The van der Waals surface area contributed by atoms with Crippen LogP contribution in [-0.2, 0) is 13.1 Å². The summed E-state index contributed by atoms with van der Waals surface area (Å²) in [4.78, 5) is 4.33. The zero-order chi connectivity index (χ0) is 11.7. The lowest BCUT2D eigenvalue weighted by Crippen LogP contribution is -2.14. The molecule has 2 heterocycles. The van der Waals surface area contributed by atoms with Crippen molar-refractivity contribution in [2.75, 3.05) is 0 Å². The third-order valence-corrected chi connectivity index (χ3v) is 3.08. The van der Waals surface area contributed by atoms with E-state index < -0.39 is 0 Å². The molecule has 4 heteroatoms. The maximum Gasteiger partial charge on any atom is 0.176 e. The number of imidazole rings is 1. The highest BCUT2D eigenvalue weighted by Crippen LogP contribution is 2.22. The summed E-state index contributed by atoms with van der Waals surface area (Å²) in [6.07, 6.45) is 6.38. The first kappa shape index (κ1) is 10.6. The molecule has 90 valence electrons. The third kappa shape index (κ3) is 2.26. The minimum absolute atomic E-state index is 0.709. The summed E-state index contributed by atoms with van der Waals surface area (Å²) >= 11 is 0. The molecule has 17 heavy (non-hydrogen) atoms. The number of aromatic nitrogens is 2. The van der Waals surface area contributed by atoms with Gasteiger partial charge in [-0.1, -0.05) is 0 Å². The predicted octanol–water partition coefficient (Wildman–Crippen LogP) is 2.42. The molecule has 0 unspecified atom stereocenters. The van der Waals surface area contributed by atoms with Gasteiger partial charge in [-0.2, -0.15) is 0 Å². The van der Waals surface area contributed by atoms with Gasteiger partial charge in [-0.3, -0.25) is 0 Å². The minimum Gasteiger partial charge on any atom is -0.456 e. The van der Waals surface area contributed by atoms with E-state index in [9.17, 15) is 0 Å². The molecule has 3 rings (SSSR count). The van der Waals surface area contributed by atoms with Gasteiger partial charge in [0.15, 0.2) is 11.6 Å². The Balaban J connectivity index is 1.74. The van der Waals surface area contributed by atoms with Crippen molar-refractivity contribution in [1.29, 1.82) is 0 Å². The molecular weight excluding hydrogens is 214 g/mol. The zero-order valence-electron chi connectivity index (χ0n) is 10.0. The molecule has 0 aliphatic heterocycles. The molecule has 1 aliphatic carbocycles. The first-order valence-electron chi connectivity index (χ1n) is 6.20. The standard InChI is InChI=1S/C13H17N3O/c1-2-16-8-7-14-13(16)12-6-5-11(17-12)9-15-10-3-4-10/h5-8,10,15H,2-4,9H2,1H3. The van der Waals surface area contributed by atoms with Gasteiger partial charge in [0.05, 0.1) is 6.54 Å². The van der Waals surface area contributed by atoms with Gasteiger partial charge >= 0.3 is 0 Å². The summed E-state index contributed by atoms with van der Waals surface area (Å²) in [6, 6.07) is 4.74. The van der Waals surface area contributed by atoms with E-state index in [4.69, 9.17) is 4.42 Å². The average molecular weight is 231 g/mol. The van der Waals surface area contributed by atoms with Gasteiger partial charge in [0, 0.05) is 25.0 Å². The van der Waals surface area contributed by atoms with Crippen molar-refractivity contribution in [1.82, 2.24) is 14.9 Å². The lowest BCUT2D eigenvalue weighted by Gasteiger charge is -2.01. The topological polar surface area (TPSA) is 43.0 Å². The second-order valence-electron chi connectivity index (χ2n) is 4.46. The molecule has 1 aliphatic rings. The molecule has 1 N–H and O–H groups in total. The quantitative estimate of drug-likeness (QED) is 0.859. The van der Waals surface area contributed by atoms with Gasteiger partial charge in [-0.05, 0) is 31.9 Å². The van der Waals surface area contributed by atoms with Crippen LogP contribution in [0.5, 0.6) is 0 Å². The summed E-state index contributed by atoms with van der Waals surface area (Å²) in [5.74, 6) is 2.74. The van der Waals surface area contributed by atoms with Gasteiger partial charge in [-0.15, -0.1) is 0 Å². The molecule has 0 aromatic carbocycles. The monoisotopic (exact) mass is 231 g/mol. The Morgan fingerprint density at radius 3 is 3.12 bits per heavy atom. The van der Waals surface area contributed by atoms with Gasteiger partial charge in [0.25, 0.3) is 0 Å². The average Bonchev–Trinajstić information content (AvgIpc) is 2.89. The molecule has 2 aromatic heterocycles. The molecule has 0 radical (unpaired) electrons. The fraction of sp³-hybridized carbons (Fsp3) is 0.462. The van der Waals surface area contributed by atoms with Crippen LogP contribution in [0.1, 0.15) is 25.5 Å². The van der Waals surface area contributed by atoms with Gasteiger partial charge in [0.2, 0.25) is 0 Å². The summed E-state index contributed by atoms with van der Waals surface area (Å²) in [5.41, 5.74) is 0. The van der Waals surface area contributed by atoms with E-state index in [1.54, 1.807) is 0 Å². The van der Waals surface area contributed by atoms with Crippen LogP contribution in [-0.4, -0.2) is 15.6 Å². The van der Waals surface area contributed by atoms with Crippen LogP contribution in [0.15, 0.2) is 28.9 Å². The molecule has 1 saturated carbocycles. The number of hydrogen-bond acceptors (Lipinski definition) is 3. The predicted molar refractivity (Wildman–Crippen MR) is 65.5 cm³/mol. The summed E-state index contributed by atoms with van der Waals surface area (Å²) in [5, 5.41) is 3.44. The Bertz CT molecular complexity index is 496. The lowest BCUT2D eigenvalue weighted by atomic mass is 10.4. The second kappa shape index (κ2) is 4.37. The molecule has 0 saturated heterocycles. The maximum atomic E-state index is 5.80. The SMILES string of the molecule is CCn1ccnc1-c1ccc(CNC2CC2)o1. The van der Waals surface area contributed by atoms with Crippen LogP contribution in [0, 0.1) is 0 Å². The van der Waals surface area contributed by atoms with Crippen LogP contribution < -0.4 is 5.32 Å². The number of furan rings is 1. The number of nitrogens with zero attached hydrogens (tertiary/aromatic N) is 2. The zero-order valence-corrected chi connectivity index (χ0v) is 10.0. The van der Waals surface area contributed by atoms with E-state index in [2.05, 4.69) is 21.8 Å². The van der Waals surface area contributed by atoms with E-state index in [0.29, 0.717) is 6.04 Å². The highest BCUT2D eigenvalue weighted by Gasteiger charge is 2.20. The van der Waals surface area contributed by atoms with Crippen molar-refractivity contribution >= 4 is 0 Å². The van der Waals surface area contributed by atoms with Crippen LogP contribution in [0.25, 0.3) is 11.6 Å². The van der Waals surface area contributed by atoms with E-state index in [1.165, 1.54) is 12.8 Å². The second-order valence-corrected chi connectivity index (χ2v) is 4.46. The fourth-order valence-corrected chi connectivity index (χ4v) is 1.91. The fourth-order valence-electron chi connectivity index (χ4n) is 1.91. The van der Waals surface area contributed by atoms with Gasteiger partial charge in [0.1, 0.15) is 5.76 Å². The van der Waals surface area contributed by atoms with Gasteiger partial charge in [-0.25, -0.2) is 4.98 Å². The molecule has 0 bridgehead atoms. The Hall–Kier alpha value is -1.55. The van der Waals surface area contributed by atoms with Crippen LogP contribution in [0.2, 0.25) is 0 Å². The highest BCUT2D eigenvalue weighted by atomic mass is 16.3. The number of aryl methyl sites for hydroxylation is 1. The molecule has 0 spiro atoms. The van der Waals surface area contributed by atoms with E-state index in [-0.39, 0.29) is 0 Å². The Kier molecular flexibility index (Phi) is 2.73. The van der Waals surface area contributed by atoms with Crippen molar-refractivity contribution in [3.63, 3.8) is 0 Å². The van der Waals surface area contributed by atoms with Crippen molar-refractivity contribution in [2.45, 2.75) is 38.9 Å². The first-order valence-corrected chi connectivity index (χ1v) is 6.20. The smallest absolute Gasteiger partial charge is 0.176 e. The van der Waals surface area contributed by atoms with E-state index >= 15 is 0 Å². The normalized spacial score (nSPS) is 15.4. The summed E-state index contributed by atoms with van der Waals surface area (Å²) in [6.45, 7) is 3.83. The summed E-state index contributed by atoms with van der Waals surface area (Å²) in [7, 11) is 0. The molecule has 0 atom stereocenters. The van der Waals surface area contributed by atoms with Crippen LogP contribution in [0.3, 0.4) is 0 Å². The van der Waals surface area contributed by atoms with Crippen molar-refractivity contribution in [2.24, 2.45) is 0 Å². The molecule has 0 amide bonds. The number of rotatable bonds is 5. The lowest BCUT2D eigenvalue weighted by molar-refractivity contribution is 0.487. The van der Waals surface area contributed by atoms with E-state index in [0.717, 1.165) is 30.4 Å². The van der Waals surface area contributed by atoms with Crippen molar-refractivity contribution < 1.29 is 4.42 Å². The molecule has 1 fully saturated rings. The Labute approximate surface area is 101 Å². The van der Waals surface area contributed by atoms with E-state index in [1.807, 2.05) is 24.5 Å². The van der Waals surface area contributed by atoms with Crippen molar-refractivity contribution in [3.8, 4) is 11.6 Å². The highest BCUT2D eigenvalue weighted by molar-refractivity contribution is 5.47. The molecule has 2 aromatic rings.